The third kappa shape index (κ3) is 2.16. The maximum atomic E-state index is 15.1. The van der Waals surface area contributed by atoms with E-state index in [1.54, 1.807) is 36.4 Å². The van der Waals surface area contributed by atoms with Crippen LogP contribution in [-0.4, -0.2) is 20.6 Å². The average Bonchev–Trinajstić information content (AvgIpc) is 3.07. The summed E-state index contributed by atoms with van der Waals surface area (Å²) in [5.41, 5.74) is 1.34. The van der Waals surface area contributed by atoms with E-state index < -0.39 is 12.8 Å². The number of benzene rings is 1. The zero-order chi connectivity index (χ0) is 17.2. The van der Waals surface area contributed by atoms with Crippen LogP contribution in [0.3, 0.4) is 0 Å². The molecule has 0 spiro atoms. The van der Waals surface area contributed by atoms with Gasteiger partial charge in [-0.15, -0.1) is 0 Å². The lowest BCUT2D eigenvalue weighted by molar-refractivity contribution is -0.358. The molecule has 0 unspecified atom stereocenters. The number of fused-ring (bicyclic) bond motifs is 2. The molecule has 0 radical (unpaired) electrons. The minimum atomic E-state index is -4.09. The van der Waals surface area contributed by atoms with Crippen molar-refractivity contribution in [2.24, 2.45) is 0 Å². The summed E-state index contributed by atoms with van der Waals surface area (Å²) in [6.07, 6.45) is 3.14. The van der Waals surface area contributed by atoms with Crippen molar-refractivity contribution in [2.75, 3.05) is 0 Å². The molecule has 0 bridgehead atoms. The number of aromatic nitrogens is 1. The second kappa shape index (κ2) is 5.60. The predicted molar refractivity (Wildman–Crippen MR) is 104 cm³/mol. The second-order valence-corrected chi connectivity index (χ2v) is 8.17. The number of allylic oxidation sites excluding steroid dienone is 2. The first-order valence-corrected chi connectivity index (χ1v) is 9.58. The monoisotopic (exact) mass is 568 g/mol. The molecule has 3 heterocycles. The van der Waals surface area contributed by atoms with Gasteiger partial charge >= 0.3 is 6.97 Å². The van der Waals surface area contributed by atoms with Gasteiger partial charge in [-0.2, -0.15) is 0 Å². The van der Waals surface area contributed by atoms with Crippen molar-refractivity contribution in [1.29, 1.82) is 0 Å². The van der Waals surface area contributed by atoms with Crippen LogP contribution < -0.4 is 0 Å². The Bertz CT molecular complexity index is 974. The van der Waals surface area contributed by atoms with Crippen LogP contribution in [0.5, 0.6) is 0 Å². The molecule has 0 amide bonds. The first kappa shape index (κ1) is 16.7. The van der Waals surface area contributed by atoms with Crippen LogP contribution in [-0.2, 0) is 0 Å². The van der Waals surface area contributed by atoms with E-state index in [2.05, 4.69) is 31.9 Å². The Hall–Kier alpha value is -0.805. The van der Waals surface area contributed by atoms with E-state index in [0.717, 1.165) is 8.96 Å². The van der Waals surface area contributed by atoms with E-state index >= 15 is 8.63 Å². The fourth-order valence-electron chi connectivity index (χ4n) is 3.13. The van der Waals surface area contributed by atoms with Gasteiger partial charge in [0.05, 0.1) is 10.2 Å². The van der Waals surface area contributed by atoms with Crippen LogP contribution in [0.15, 0.2) is 52.8 Å². The fourth-order valence-corrected chi connectivity index (χ4v) is 5.00. The van der Waals surface area contributed by atoms with Crippen LogP contribution in [0, 0.1) is 9.39 Å². The standard InChI is InChI=1S/C15H7BBr2F3IN2/c17-12-6-4-10-15(14-8(19)2-1-3-9(14)22)11-5-7-13(18)24(11)16(20,21)23(10)12/h1-7H. The quantitative estimate of drug-likeness (QED) is 0.323. The summed E-state index contributed by atoms with van der Waals surface area (Å²) in [7, 11) is 0. The molecule has 1 aromatic heterocycles. The molecule has 2 nitrogen and oxygen atoms in total. The Balaban J connectivity index is 2.17. The van der Waals surface area contributed by atoms with E-state index in [9.17, 15) is 4.39 Å². The molecular weight excluding hydrogens is 563 g/mol. The zero-order valence-corrected chi connectivity index (χ0v) is 17.1. The second-order valence-electron chi connectivity index (χ2n) is 5.38. The third-order valence-electron chi connectivity index (χ3n) is 4.08. The Labute approximate surface area is 166 Å². The molecule has 0 saturated carbocycles. The first-order chi connectivity index (χ1) is 11.3. The molecule has 2 aliphatic heterocycles. The summed E-state index contributed by atoms with van der Waals surface area (Å²) in [6.45, 7) is -4.09. The molecule has 0 aliphatic carbocycles. The minimum Gasteiger partial charge on any atom is -0.389 e. The van der Waals surface area contributed by atoms with Crippen molar-refractivity contribution in [2.45, 2.75) is 0 Å². The summed E-state index contributed by atoms with van der Waals surface area (Å²) in [6, 6.07) is 7.84. The molecular formula is C15H7BBr2F3IN2. The van der Waals surface area contributed by atoms with Crippen molar-refractivity contribution in [3.05, 3.63) is 73.4 Å². The molecule has 9 heteroatoms. The molecule has 2 aliphatic rings. The number of rotatable bonds is 1. The highest BCUT2D eigenvalue weighted by Crippen LogP contribution is 2.43. The van der Waals surface area contributed by atoms with Crippen molar-refractivity contribution in [1.82, 2.24) is 4.48 Å². The number of hydrogen-bond acceptors (Lipinski definition) is 0. The van der Waals surface area contributed by atoms with Crippen molar-refractivity contribution < 1.29 is 17.5 Å². The average molecular weight is 570 g/mol. The molecule has 0 saturated heterocycles. The molecule has 122 valence electrons. The maximum absolute atomic E-state index is 15.1. The first-order valence-electron chi connectivity index (χ1n) is 6.92. The SMILES string of the molecule is Fc1cccc(I)c1C1=C2C=CC(Br)=[N+]2[B-](F)(F)n2c(Br)ccc21. The lowest BCUT2D eigenvalue weighted by Crippen LogP contribution is -2.50. The molecule has 0 N–H and O–H groups in total. The van der Waals surface area contributed by atoms with Gasteiger partial charge in [-0.1, -0.05) is 6.07 Å². The minimum absolute atomic E-state index is 0.248. The molecule has 0 atom stereocenters. The molecule has 2 aromatic rings. The number of hydrogen-bond donors (Lipinski definition) is 0. The molecule has 24 heavy (non-hydrogen) atoms. The van der Waals surface area contributed by atoms with E-state index in [-0.39, 0.29) is 20.6 Å². The van der Waals surface area contributed by atoms with E-state index in [4.69, 9.17) is 0 Å². The molecule has 1 aromatic carbocycles. The van der Waals surface area contributed by atoms with Crippen molar-refractivity contribution >= 4 is 71.6 Å². The Morgan fingerprint density at radius 1 is 1.08 bits per heavy atom. The Kier molecular flexibility index (Phi) is 3.89. The van der Waals surface area contributed by atoms with Gasteiger partial charge in [0.15, 0.2) is 5.70 Å². The van der Waals surface area contributed by atoms with Gasteiger partial charge in [-0.05, 0) is 62.8 Å². The van der Waals surface area contributed by atoms with E-state index in [1.807, 2.05) is 22.6 Å². The van der Waals surface area contributed by atoms with Crippen LogP contribution in [0.25, 0.3) is 5.57 Å². The van der Waals surface area contributed by atoms with Gasteiger partial charge in [-0.25, -0.2) is 4.39 Å². The van der Waals surface area contributed by atoms with Crippen molar-refractivity contribution in [3.8, 4) is 0 Å². The summed E-state index contributed by atoms with van der Waals surface area (Å²) in [4.78, 5) is 0. The third-order valence-corrected chi connectivity index (χ3v) is 6.27. The predicted octanol–water partition coefficient (Wildman–Crippen LogP) is 5.37. The van der Waals surface area contributed by atoms with Crippen LogP contribution in [0.4, 0.5) is 13.0 Å². The smallest absolute Gasteiger partial charge is 0.389 e. The lowest BCUT2D eigenvalue weighted by atomic mass is 9.86. The normalized spacial score (nSPS) is 18.2. The number of halogens is 6. The highest BCUT2D eigenvalue weighted by Gasteiger charge is 2.54. The highest BCUT2D eigenvalue weighted by molar-refractivity contribution is 14.1. The maximum Gasteiger partial charge on any atom is 0.738 e. The van der Waals surface area contributed by atoms with Crippen LogP contribution in [0.1, 0.15) is 11.3 Å². The lowest BCUT2D eigenvalue weighted by Gasteiger charge is -2.32. The fraction of sp³-hybridized carbons (Fsp3) is 0. The number of nitrogens with zero attached hydrogens (tertiary/aromatic N) is 2. The van der Waals surface area contributed by atoms with Gasteiger partial charge in [0.25, 0.3) is 0 Å². The Morgan fingerprint density at radius 3 is 2.54 bits per heavy atom. The zero-order valence-electron chi connectivity index (χ0n) is 11.8. The van der Waals surface area contributed by atoms with Crippen LogP contribution in [0.2, 0.25) is 0 Å². The summed E-state index contributed by atoms with van der Waals surface area (Å²) in [5, 5.41) is 0. The van der Waals surface area contributed by atoms with Crippen LogP contribution >= 0.6 is 54.5 Å². The van der Waals surface area contributed by atoms with Gasteiger partial charge < -0.3 is 17.6 Å². The topological polar surface area (TPSA) is 7.94 Å². The summed E-state index contributed by atoms with van der Waals surface area (Å²) < 4.78 is 47.8. The van der Waals surface area contributed by atoms with E-state index in [1.165, 1.54) is 6.07 Å². The summed E-state index contributed by atoms with van der Waals surface area (Å²) in [5.74, 6) is -0.442. The van der Waals surface area contributed by atoms with Gasteiger partial charge in [0.1, 0.15) is 5.82 Å². The highest BCUT2D eigenvalue weighted by atomic mass is 127. The molecule has 0 fully saturated rings. The van der Waals surface area contributed by atoms with Gasteiger partial charge in [0, 0.05) is 42.9 Å². The van der Waals surface area contributed by atoms with E-state index in [0.29, 0.717) is 14.7 Å². The Morgan fingerprint density at radius 2 is 1.83 bits per heavy atom. The van der Waals surface area contributed by atoms with Gasteiger partial charge in [-0.3, -0.25) is 0 Å². The molecule has 4 rings (SSSR count). The van der Waals surface area contributed by atoms with Crippen molar-refractivity contribution in [3.63, 3.8) is 0 Å². The largest absolute Gasteiger partial charge is 0.738 e. The summed E-state index contributed by atoms with van der Waals surface area (Å²) >= 11 is 8.40. The van der Waals surface area contributed by atoms with Gasteiger partial charge in [0.2, 0.25) is 4.62 Å².